The third-order valence-electron chi connectivity index (χ3n) is 3.01. The van der Waals surface area contributed by atoms with E-state index in [1.54, 1.807) is 0 Å². The van der Waals surface area contributed by atoms with Crippen LogP contribution in [0.15, 0.2) is 54.6 Å². The van der Waals surface area contributed by atoms with Crippen LogP contribution in [0, 0.1) is 0 Å². The number of aromatic amines is 1. The standard InChI is InChI=1S/C15H10BNO/c16-15(18)13-11-8-4-5-9-12(11)17-14(13)10-6-2-1-3-7-10/h1-9,17H. The van der Waals surface area contributed by atoms with Crippen LogP contribution in [0.3, 0.4) is 0 Å². The van der Waals surface area contributed by atoms with Crippen LogP contribution >= 0.6 is 0 Å². The van der Waals surface area contributed by atoms with Gasteiger partial charge in [0.05, 0.1) is 5.69 Å². The molecule has 2 aromatic carbocycles. The number of carbonyl (C=O) groups is 1. The summed E-state index contributed by atoms with van der Waals surface area (Å²) in [4.78, 5) is 14.9. The van der Waals surface area contributed by atoms with E-state index in [0.29, 0.717) is 5.56 Å². The molecule has 0 aliphatic carbocycles. The molecular formula is C15H10BNO. The van der Waals surface area contributed by atoms with E-state index in [9.17, 15) is 4.79 Å². The van der Waals surface area contributed by atoms with E-state index in [0.717, 1.165) is 22.2 Å². The van der Waals surface area contributed by atoms with Crippen LogP contribution in [0.4, 0.5) is 0 Å². The highest BCUT2D eigenvalue weighted by Crippen LogP contribution is 2.29. The van der Waals surface area contributed by atoms with Gasteiger partial charge in [-0.25, -0.2) is 0 Å². The molecule has 0 atom stereocenters. The summed E-state index contributed by atoms with van der Waals surface area (Å²) in [7, 11) is 5.50. The Bertz CT molecular complexity index is 716. The number of benzene rings is 2. The molecule has 3 heteroatoms. The summed E-state index contributed by atoms with van der Waals surface area (Å²) in [5.41, 5.74) is 2.81. The zero-order valence-corrected chi connectivity index (χ0v) is 9.68. The summed E-state index contributed by atoms with van der Waals surface area (Å²) in [5.74, 6) is 0. The van der Waals surface area contributed by atoms with Gasteiger partial charge in [0.25, 0.3) is 0 Å². The maximum atomic E-state index is 11.7. The minimum atomic E-state index is -0.411. The van der Waals surface area contributed by atoms with Crippen LogP contribution in [-0.2, 0) is 0 Å². The lowest BCUT2D eigenvalue weighted by molar-refractivity contribution is 0.108. The van der Waals surface area contributed by atoms with Crippen molar-refractivity contribution >= 4 is 24.4 Å². The summed E-state index contributed by atoms with van der Waals surface area (Å²) in [6.45, 7) is 0. The second-order valence-corrected chi connectivity index (χ2v) is 4.15. The van der Waals surface area contributed by atoms with Gasteiger partial charge in [-0.2, -0.15) is 0 Å². The summed E-state index contributed by atoms with van der Waals surface area (Å²) in [5, 5.41) is 0.865. The molecule has 0 aliphatic rings. The Labute approximate surface area is 106 Å². The fourth-order valence-electron chi connectivity index (χ4n) is 2.22. The highest BCUT2D eigenvalue weighted by atomic mass is 16.1. The zero-order chi connectivity index (χ0) is 12.5. The molecule has 3 aromatic rings. The minimum Gasteiger partial charge on any atom is -0.354 e. The molecule has 84 valence electrons. The summed E-state index contributed by atoms with van der Waals surface area (Å²) < 4.78 is 0. The average Bonchev–Trinajstić information content (AvgIpc) is 2.79. The molecule has 3 rings (SSSR count). The van der Waals surface area contributed by atoms with Gasteiger partial charge >= 0.3 is 0 Å². The lowest BCUT2D eigenvalue weighted by Gasteiger charge is -2.01. The highest BCUT2D eigenvalue weighted by molar-refractivity contribution is 6.64. The van der Waals surface area contributed by atoms with Gasteiger partial charge in [0, 0.05) is 16.5 Å². The van der Waals surface area contributed by atoms with Crippen LogP contribution in [0.1, 0.15) is 10.4 Å². The number of para-hydroxylation sites is 1. The average molecular weight is 231 g/mol. The molecule has 0 amide bonds. The number of rotatable bonds is 2. The Morgan fingerprint density at radius 3 is 2.33 bits per heavy atom. The quantitative estimate of drug-likeness (QED) is 0.675. The number of nitrogens with one attached hydrogen (secondary N) is 1. The Morgan fingerprint density at radius 1 is 0.944 bits per heavy atom. The Kier molecular flexibility index (Phi) is 2.52. The van der Waals surface area contributed by atoms with Gasteiger partial charge in [0.15, 0.2) is 7.85 Å². The molecule has 1 N–H and O–H groups in total. The monoisotopic (exact) mass is 231 g/mol. The van der Waals surface area contributed by atoms with Crippen molar-refractivity contribution in [3.63, 3.8) is 0 Å². The number of hydrogen-bond donors (Lipinski definition) is 1. The predicted molar refractivity (Wildman–Crippen MR) is 73.8 cm³/mol. The fraction of sp³-hybridized carbons (Fsp3) is 0. The van der Waals surface area contributed by atoms with Crippen molar-refractivity contribution in [1.29, 1.82) is 0 Å². The highest BCUT2D eigenvalue weighted by Gasteiger charge is 2.15. The van der Waals surface area contributed by atoms with E-state index in [1.165, 1.54) is 0 Å². The molecule has 2 nitrogen and oxygen atoms in total. The van der Waals surface area contributed by atoms with Crippen LogP contribution in [0.5, 0.6) is 0 Å². The van der Waals surface area contributed by atoms with Crippen LogP contribution in [0.25, 0.3) is 22.2 Å². The topological polar surface area (TPSA) is 32.9 Å². The molecule has 0 bridgehead atoms. The van der Waals surface area contributed by atoms with Gasteiger partial charge in [-0.1, -0.05) is 48.5 Å². The number of fused-ring (bicyclic) bond motifs is 1. The molecule has 1 aromatic heterocycles. The van der Waals surface area contributed by atoms with E-state index >= 15 is 0 Å². The fourth-order valence-corrected chi connectivity index (χ4v) is 2.22. The van der Waals surface area contributed by atoms with Crippen molar-refractivity contribution in [3.8, 4) is 11.3 Å². The number of aromatic nitrogens is 1. The van der Waals surface area contributed by atoms with E-state index in [2.05, 4.69) is 4.98 Å². The maximum absolute atomic E-state index is 11.7. The summed E-state index contributed by atoms with van der Waals surface area (Å²) >= 11 is 0. The Balaban J connectivity index is 2.36. The lowest BCUT2D eigenvalue weighted by Crippen LogP contribution is -1.98. The first-order chi connectivity index (χ1) is 8.77. The molecule has 0 fully saturated rings. The van der Waals surface area contributed by atoms with Crippen molar-refractivity contribution in [2.45, 2.75) is 0 Å². The van der Waals surface area contributed by atoms with Crippen LogP contribution in [-0.4, -0.2) is 18.5 Å². The molecule has 0 aliphatic heterocycles. The zero-order valence-electron chi connectivity index (χ0n) is 9.68. The van der Waals surface area contributed by atoms with E-state index in [1.807, 2.05) is 54.6 Å². The third kappa shape index (κ3) is 1.64. The molecule has 1 heterocycles. The lowest BCUT2D eigenvalue weighted by atomic mass is 9.90. The van der Waals surface area contributed by atoms with Gasteiger partial charge in [-0.15, -0.1) is 0 Å². The SMILES string of the molecule is [B]C(=O)c1c(-c2ccccc2)[nH]c2ccccc12. The van der Waals surface area contributed by atoms with E-state index in [-0.39, 0.29) is 0 Å². The van der Waals surface area contributed by atoms with Gasteiger partial charge < -0.3 is 9.78 Å². The Hall–Kier alpha value is -2.29. The van der Waals surface area contributed by atoms with E-state index in [4.69, 9.17) is 7.85 Å². The second kappa shape index (κ2) is 4.19. The molecule has 0 saturated heterocycles. The molecule has 0 spiro atoms. The van der Waals surface area contributed by atoms with Crippen molar-refractivity contribution < 1.29 is 4.79 Å². The van der Waals surface area contributed by atoms with E-state index < -0.39 is 5.68 Å². The summed E-state index contributed by atoms with van der Waals surface area (Å²) in [6, 6.07) is 17.4. The normalized spacial score (nSPS) is 10.7. The number of hydrogen-bond acceptors (Lipinski definition) is 1. The summed E-state index contributed by atoms with van der Waals surface area (Å²) in [6.07, 6.45) is 0. The maximum Gasteiger partial charge on any atom is 0.175 e. The van der Waals surface area contributed by atoms with Gasteiger partial charge in [0.2, 0.25) is 0 Å². The molecule has 0 unspecified atom stereocenters. The Morgan fingerprint density at radius 2 is 1.61 bits per heavy atom. The van der Waals surface area contributed by atoms with Gasteiger partial charge in [0.1, 0.15) is 5.68 Å². The van der Waals surface area contributed by atoms with Gasteiger partial charge in [-0.05, 0) is 11.6 Å². The first kappa shape index (κ1) is 10.8. The van der Waals surface area contributed by atoms with Gasteiger partial charge in [-0.3, -0.25) is 0 Å². The smallest absolute Gasteiger partial charge is 0.175 e. The predicted octanol–water partition coefficient (Wildman–Crippen LogP) is 3.14. The molecule has 18 heavy (non-hydrogen) atoms. The largest absolute Gasteiger partial charge is 0.354 e. The first-order valence-electron chi connectivity index (χ1n) is 5.73. The first-order valence-corrected chi connectivity index (χ1v) is 5.73. The molecule has 2 radical (unpaired) electrons. The minimum absolute atomic E-state index is 0.411. The third-order valence-corrected chi connectivity index (χ3v) is 3.01. The molecular weight excluding hydrogens is 221 g/mol. The van der Waals surface area contributed by atoms with Crippen LogP contribution < -0.4 is 0 Å². The number of carbonyl (C=O) groups excluding carboxylic acids is 1. The van der Waals surface area contributed by atoms with Crippen LogP contribution in [0.2, 0.25) is 0 Å². The van der Waals surface area contributed by atoms with Crippen molar-refractivity contribution in [1.82, 2.24) is 4.98 Å². The second-order valence-electron chi connectivity index (χ2n) is 4.15. The van der Waals surface area contributed by atoms with Crippen molar-refractivity contribution in [2.24, 2.45) is 0 Å². The number of H-pyrrole nitrogens is 1. The molecule has 0 saturated carbocycles. The van der Waals surface area contributed by atoms with Crippen molar-refractivity contribution in [2.75, 3.05) is 0 Å². The van der Waals surface area contributed by atoms with Crippen molar-refractivity contribution in [3.05, 3.63) is 60.2 Å².